The molecule has 1 aromatic rings. The van der Waals surface area contributed by atoms with Crippen molar-refractivity contribution in [1.29, 1.82) is 0 Å². The quantitative estimate of drug-likeness (QED) is 0.472. The summed E-state index contributed by atoms with van der Waals surface area (Å²) in [5, 5.41) is 0. The average molecular weight is 260 g/mol. The monoisotopic (exact) mass is 260 g/mol. The predicted octanol–water partition coefficient (Wildman–Crippen LogP) is 3.60. The predicted molar refractivity (Wildman–Crippen MR) is 62.0 cm³/mol. The highest BCUT2D eigenvalue weighted by Gasteiger charge is 2.21. The molecule has 0 aliphatic heterocycles. The fourth-order valence-corrected chi connectivity index (χ4v) is 1.26. The Bertz CT molecular complexity index is 468. The minimum atomic E-state index is -1.69. The maximum Gasteiger partial charge on any atom is 0.195 e. The van der Waals surface area contributed by atoms with E-state index in [-0.39, 0.29) is 5.56 Å². The maximum absolute atomic E-state index is 13.2. The van der Waals surface area contributed by atoms with Crippen molar-refractivity contribution in [2.45, 2.75) is 34.1 Å². The van der Waals surface area contributed by atoms with E-state index in [4.69, 9.17) is 0 Å². The fraction of sp³-hybridized carbons (Fsp3) is 0.385. The third-order valence-corrected chi connectivity index (χ3v) is 2.04. The Labute approximate surface area is 104 Å². The first-order chi connectivity index (χ1) is 8.34. The van der Waals surface area contributed by atoms with Gasteiger partial charge in [0.1, 0.15) is 5.78 Å². The maximum atomic E-state index is 13.2. The van der Waals surface area contributed by atoms with Crippen molar-refractivity contribution < 1.29 is 22.8 Å². The molecule has 0 unspecified atom stereocenters. The van der Waals surface area contributed by atoms with E-state index in [1.54, 1.807) is 0 Å². The number of benzene rings is 1. The van der Waals surface area contributed by atoms with Crippen LogP contribution in [0.5, 0.6) is 0 Å². The standard InChI is InChI=1S/C11H9F3O2.C2H6/c1-5-3-7(8(16)4-6(2)15)10(13)11(14)9(5)12;1-2/h3H,4H2,1-2H3;1-2H3. The van der Waals surface area contributed by atoms with Crippen molar-refractivity contribution in [2.24, 2.45) is 0 Å². The summed E-state index contributed by atoms with van der Waals surface area (Å²) in [5.41, 5.74) is -0.766. The molecule has 0 saturated carbocycles. The summed E-state index contributed by atoms with van der Waals surface area (Å²) in [6, 6.07) is 0.902. The van der Waals surface area contributed by atoms with Gasteiger partial charge in [0.05, 0.1) is 12.0 Å². The second kappa shape index (κ2) is 6.93. The van der Waals surface area contributed by atoms with Gasteiger partial charge in [0.25, 0.3) is 0 Å². The normalized spacial score (nSPS) is 9.50. The molecule has 100 valence electrons. The van der Waals surface area contributed by atoms with E-state index in [2.05, 4.69) is 0 Å². The second-order valence-corrected chi connectivity index (χ2v) is 3.48. The number of hydrogen-bond acceptors (Lipinski definition) is 2. The minimum Gasteiger partial charge on any atom is -0.300 e. The highest BCUT2D eigenvalue weighted by atomic mass is 19.2. The molecule has 0 aliphatic rings. The summed E-state index contributed by atoms with van der Waals surface area (Å²) in [6.07, 6.45) is -0.526. The molecule has 18 heavy (non-hydrogen) atoms. The Morgan fingerprint density at radius 3 is 2.00 bits per heavy atom. The summed E-state index contributed by atoms with van der Waals surface area (Å²) in [7, 11) is 0. The minimum absolute atomic E-state index is 0.175. The first-order valence-electron chi connectivity index (χ1n) is 5.51. The molecule has 0 bridgehead atoms. The molecular weight excluding hydrogens is 245 g/mol. The zero-order valence-electron chi connectivity index (χ0n) is 10.7. The van der Waals surface area contributed by atoms with Crippen molar-refractivity contribution in [2.75, 3.05) is 0 Å². The Morgan fingerprint density at radius 1 is 1.06 bits per heavy atom. The van der Waals surface area contributed by atoms with Crippen LogP contribution in [0.1, 0.15) is 43.1 Å². The van der Waals surface area contributed by atoms with E-state index < -0.39 is 41.0 Å². The van der Waals surface area contributed by atoms with Gasteiger partial charge in [-0.2, -0.15) is 0 Å². The number of hydrogen-bond donors (Lipinski definition) is 0. The average Bonchev–Trinajstić information content (AvgIpc) is 2.32. The van der Waals surface area contributed by atoms with Crippen LogP contribution < -0.4 is 0 Å². The number of rotatable bonds is 3. The SMILES string of the molecule is CC.CC(=O)CC(=O)c1cc(C)c(F)c(F)c1F. The van der Waals surface area contributed by atoms with Crippen LogP contribution >= 0.6 is 0 Å². The molecule has 0 heterocycles. The number of Topliss-reactive ketones (excluding diaryl/α,β-unsaturated/α-hetero) is 2. The van der Waals surface area contributed by atoms with E-state index in [1.807, 2.05) is 13.8 Å². The lowest BCUT2D eigenvalue weighted by atomic mass is 10.0. The number of carbonyl (C=O) groups is 2. The molecule has 1 rings (SSSR count). The van der Waals surface area contributed by atoms with Gasteiger partial charge in [-0.3, -0.25) is 9.59 Å². The van der Waals surface area contributed by atoms with Gasteiger partial charge in [0.15, 0.2) is 23.2 Å². The molecular formula is C13H15F3O2. The van der Waals surface area contributed by atoms with Gasteiger partial charge in [-0.1, -0.05) is 13.8 Å². The fourth-order valence-electron chi connectivity index (χ4n) is 1.26. The van der Waals surface area contributed by atoms with Crippen molar-refractivity contribution in [1.82, 2.24) is 0 Å². The lowest BCUT2D eigenvalue weighted by Gasteiger charge is -2.05. The molecule has 2 nitrogen and oxygen atoms in total. The smallest absolute Gasteiger partial charge is 0.195 e. The second-order valence-electron chi connectivity index (χ2n) is 3.48. The number of halogens is 3. The zero-order chi connectivity index (χ0) is 14.5. The van der Waals surface area contributed by atoms with Crippen LogP contribution in [0.2, 0.25) is 0 Å². The molecule has 0 N–H and O–H groups in total. The van der Waals surface area contributed by atoms with Crippen molar-refractivity contribution in [3.05, 3.63) is 34.6 Å². The Hall–Kier alpha value is -1.65. The number of carbonyl (C=O) groups excluding carboxylic acids is 2. The van der Waals surface area contributed by atoms with Crippen molar-refractivity contribution in [3.63, 3.8) is 0 Å². The lowest BCUT2D eigenvalue weighted by Crippen LogP contribution is -2.10. The Kier molecular flexibility index (Phi) is 6.30. The molecule has 0 amide bonds. The van der Waals surface area contributed by atoms with Crippen LogP contribution in [0, 0.1) is 24.4 Å². The van der Waals surface area contributed by atoms with Crippen LogP contribution in [0.4, 0.5) is 13.2 Å². The molecule has 0 saturated heterocycles. The summed E-state index contributed by atoms with van der Waals surface area (Å²) >= 11 is 0. The molecule has 0 fully saturated rings. The van der Waals surface area contributed by atoms with E-state index in [0.29, 0.717) is 0 Å². The van der Waals surface area contributed by atoms with Gasteiger partial charge in [-0.05, 0) is 25.5 Å². The van der Waals surface area contributed by atoms with Gasteiger partial charge in [0, 0.05) is 0 Å². The van der Waals surface area contributed by atoms with Crippen LogP contribution in [0.25, 0.3) is 0 Å². The third-order valence-electron chi connectivity index (χ3n) is 2.04. The summed E-state index contributed by atoms with van der Waals surface area (Å²) in [4.78, 5) is 22.0. The van der Waals surface area contributed by atoms with Gasteiger partial charge < -0.3 is 0 Å². The molecule has 0 atom stereocenters. The topological polar surface area (TPSA) is 34.1 Å². The van der Waals surface area contributed by atoms with Crippen LogP contribution in [-0.4, -0.2) is 11.6 Å². The van der Waals surface area contributed by atoms with E-state index >= 15 is 0 Å². The van der Waals surface area contributed by atoms with Crippen LogP contribution in [0.15, 0.2) is 6.07 Å². The number of ketones is 2. The Balaban J connectivity index is 0.00000137. The molecule has 0 radical (unpaired) electrons. The highest BCUT2D eigenvalue weighted by Crippen LogP contribution is 2.20. The van der Waals surface area contributed by atoms with E-state index in [0.717, 1.165) is 13.0 Å². The highest BCUT2D eigenvalue weighted by molar-refractivity contribution is 6.07. The zero-order valence-corrected chi connectivity index (χ0v) is 10.7. The molecule has 5 heteroatoms. The molecule has 1 aromatic carbocycles. The van der Waals surface area contributed by atoms with E-state index in [1.165, 1.54) is 6.92 Å². The van der Waals surface area contributed by atoms with Gasteiger partial charge in [-0.15, -0.1) is 0 Å². The molecule has 0 aromatic heterocycles. The van der Waals surface area contributed by atoms with Crippen LogP contribution in [-0.2, 0) is 4.79 Å². The van der Waals surface area contributed by atoms with Crippen LogP contribution in [0.3, 0.4) is 0 Å². The third kappa shape index (κ3) is 3.68. The summed E-state index contributed by atoms with van der Waals surface area (Å²) in [5.74, 6) is -5.88. The van der Waals surface area contributed by atoms with E-state index in [9.17, 15) is 22.8 Å². The number of aryl methyl sites for hydroxylation is 1. The molecule has 0 aliphatic carbocycles. The van der Waals surface area contributed by atoms with Gasteiger partial charge in [0.2, 0.25) is 0 Å². The summed E-state index contributed by atoms with van der Waals surface area (Å²) in [6.45, 7) is 6.37. The Morgan fingerprint density at radius 2 is 1.56 bits per heavy atom. The first-order valence-corrected chi connectivity index (χ1v) is 5.51. The first kappa shape index (κ1) is 16.3. The van der Waals surface area contributed by atoms with Gasteiger partial charge >= 0.3 is 0 Å². The van der Waals surface area contributed by atoms with Gasteiger partial charge in [-0.25, -0.2) is 13.2 Å². The largest absolute Gasteiger partial charge is 0.300 e. The lowest BCUT2D eigenvalue weighted by molar-refractivity contribution is -0.116. The van der Waals surface area contributed by atoms with Crippen molar-refractivity contribution >= 4 is 11.6 Å². The van der Waals surface area contributed by atoms with Crippen molar-refractivity contribution in [3.8, 4) is 0 Å². The molecule has 0 spiro atoms. The summed E-state index contributed by atoms with van der Waals surface area (Å²) < 4.78 is 39.1.